The van der Waals surface area contributed by atoms with Crippen molar-refractivity contribution in [1.29, 1.82) is 0 Å². The zero-order valence-electron chi connectivity index (χ0n) is 23.9. The van der Waals surface area contributed by atoms with Crippen LogP contribution in [0.3, 0.4) is 0 Å². The second-order valence-corrected chi connectivity index (χ2v) is 13.6. The van der Waals surface area contributed by atoms with Gasteiger partial charge in [0, 0.05) is 11.5 Å². The number of nitrogens with zero attached hydrogens (tertiary/aromatic N) is 3. The molecule has 5 nitrogen and oxygen atoms in total. The third-order valence-corrected chi connectivity index (χ3v) is 11.2. The number of rotatable bonds is 12. The minimum absolute atomic E-state index is 0.331. The smallest absolute Gasteiger partial charge is 0.0704 e. The van der Waals surface area contributed by atoms with Gasteiger partial charge >= 0.3 is 0 Å². The zero-order valence-corrected chi connectivity index (χ0v) is 23.9. The van der Waals surface area contributed by atoms with E-state index in [0.717, 1.165) is 41.9 Å². The van der Waals surface area contributed by atoms with E-state index >= 15 is 0 Å². The Morgan fingerprint density at radius 3 is 2.64 bits per heavy atom. The van der Waals surface area contributed by atoms with Gasteiger partial charge in [-0.15, -0.1) is 0 Å². The lowest BCUT2D eigenvalue weighted by Crippen LogP contribution is -2.51. The molecule has 204 valence electrons. The van der Waals surface area contributed by atoms with Crippen molar-refractivity contribution in [3.8, 4) is 0 Å². The molecule has 8 atom stereocenters. The fraction of sp³-hybridized carbons (Fsp3) is 0.935. The molecule has 4 aliphatic rings. The van der Waals surface area contributed by atoms with Gasteiger partial charge in [-0.05, 0) is 103 Å². The van der Waals surface area contributed by atoms with Crippen molar-refractivity contribution in [3.63, 3.8) is 0 Å². The molecule has 0 aromatic carbocycles. The topological polar surface area (TPSA) is 67.2 Å². The van der Waals surface area contributed by atoms with Crippen molar-refractivity contribution < 1.29 is 9.47 Å². The molecule has 0 bridgehead atoms. The van der Waals surface area contributed by atoms with Crippen molar-refractivity contribution in [1.82, 2.24) is 0 Å². The summed E-state index contributed by atoms with van der Waals surface area (Å²) >= 11 is 0. The maximum absolute atomic E-state index is 8.33. The Labute approximate surface area is 220 Å². The Morgan fingerprint density at radius 1 is 1.03 bits per heavy atom. The predicted octanol–water partition coefficient (Wildman–Crippen LogP) is 8.74. The van der Waals surface area contributed by atoms with E-state index in [1.807, 2.05) is 0 Å². The summed E-state index contributed by atoms with van der Waals surface area (Å²) in [6.45, 7) is 14.7. The molecule has 5 heteroatoms. The first-order valence-corrected chi connectivity index (χ1v) is 15.2. The lowest BCUT2D eigenvalue weighted by molar-refractivity contribution is -0.0676. The number of azide groups is 1. The van der Waals surface area contributed by atoms with E-state index in [0.29, 0.717) is 43.3 Å². The molecule has 36 heavy (non-hydrogen) atoms. The molecule has 0 saturated heterocycles. The Balaban J connectivity index is 1.33. The highest BCUT2D eigenvalue weighted by molar-refractivity contribution is 5.25. The fourth-order valence-corrected chi connectivity index (χ4v) is 9.32. The molecule has 3 saturated carbocycles. The summed E-state index contributed by atoms with van der Waals surface area (Å²) in [4.78, 5) is 2.76. The molecule has 0 aromatic heterocycles. The Morgan fingerprint density at radius 2 is 1.86 bits per heavy atom. The van der Waals surface area contributed by atoms with Crippen LogP contribution in [0.5, 0.6) is 0 Å². The molecule has 0 spiro atoms. The molecule has 0 radical (unpaired) electrons. The quantitative estimate of drug-likeness (QED) is 0.0885. The second kappa shape index (κ2) is 12.2. The van der Waals surface area contributed by atoms with E-state index in [1.54, 1.807) is 5.57 Å². The first-order chi connectivity index (χ1) is 17.3. The maximum Gasteiger partial charge on any atom is 0.0704 e. The van der Waals surface area contributed by atoms with Crippen molar-refractivity contribution in [2.45, 2.75) is 111 Å². The average molecular weight is 500 g/mol. The van der Waals surface area contributed by atoms with E-state index in [-0.39, 0.29) is 0 Å². The van der Waals surface area contributed by atoms with E-state index < -0.39 is 0 Å². The third-order valence-electron chi connectivity index (χ3n) is 11.2. The minimum Gasteiger partial charge on any atom is -0.379 e. The van der Waals surface area contributed by atoms with Crippen LogP contribution in [0.15, 0.2) is 16.8 Å². The number of ether oxygens (including phenoxy) is 2. The van der Waals surface area contributed by atoms with Gasteiger partial charge in [-0.1, -0.05) is 70.6 Å². The lowest BCUT2D eigenvalue weighted by Gasteiger charge is -2.58. The molecule has 0 aromatic rings. The molecule has 4 aliphatic carbocycles. The van der Waals surface area contributed by atoms with Crippen LogP contribution < -0.4 is 0 Å². The summed E-state index contributed by atoms with van der Waals surface area (Å²) < 4.78 is 11.7. The van der Waals surface area contributed by atoms with E-state index in [1.165, 1.54) is 64.2 Å². The SMILES string of the molecule is CC(C)CCCC(C)C1CCC2C3CC=C4CC(OCCOCCN=[N+]=[N-])CCC4(C)C3CCC12C. The summed E-state index contributed by atoms with van der Waals surface area (Å²) in [6.07, 6.45) is 17.9. The van der Waals surface area contributed by atoms with Crippen LogP contribution in [0.1, 0.15) is 105 Å². The monoisotopic (exact) mass is 499 g/mol. The van der Waals surface area contributed by atoms with E-state index in [9.17, 15) is 0 Å². The number of hydrogen-bond donors (Lipinski definition) is 0. The summed E-state index contributed by atoms with van der Waals surface area (Å²) in [6, 6.07) is 0. The van der Waals surface area contributed by atoms with Crippen molar-refractivity contribution >= 4 is 0 Å². The van der Waals surface area contributed by atoms with Crippen molar-refractivity contribution in [2.75, 3.05) is 26.4 Å². The highest BCUT2D eigenvalue weighted by Gasteiger charge is 2.59. The first kappa shape index (κ1) is 28.0. The standard InChI is InChI=1S/C31H53N3O2/c1-22(2)7-6-8-23(3)27-11-12-28-26-10-9-24-21-25(36-20-19-35-18-17-33-34-32)13-15-30(24,4)29(26)14-16-31(27,28)5/h9,22-23,25-29H,6-8,10-21H2,1-5H3. The van der Waals surface area contributed by atoms with Crippen LogP contribution in [0.4, 0.5) is 0 Å². The number of hydrogen-bond acceptors (Lipinski definition) is 3. The second-order valence-electron chi connectivity index (χ2n) is 13.6. The van der Waals surface area contributed by atoms with Crippen LogP contribution in [-0.2, 0) is 9.47 Å². The number of allylic oxidation sites excluding steroid dienone is 1. The van der Waals surface area contributed by atoms with Gasteiger partial charge in [0.15, 0.2) is 0 Å². The Kier molecular flexibility index (Phi) is 9.50. The van der Waals surface area contributed by atoms with Gasteiger partial charge < -0.3 is 9.47 Å². The molecule has 4 rings (SSSR count). The molecule has 0 amide bonds. The van der Waals surface area contributed by atoms with Gasteiger partial charge in [0.25, 0.3) is 0 Å². The summed E-state index contributed by atoms with van der Waals surface area (Å²) in [7, 11) is 0. The van der Waals surface area contributed by atoms with Crippen LogP contribution >= 0.6 is 0 Å². The summed E-state index contributed by atoms with van der Waals surface area (Å²) in [5.74, 6) is 5.36. The summed E-state index contributed by atoms with van der Waals surface area (Å²) in [5.41, 5.74) is 11.0. The highest BCUT2D eigenvalue weighted by Crippen LogP contribution is 2.67. The molecule has 0 N–H and O–H groups in total. The van der Waals surface area contributed by atoms with Gasteiger partial charge in [-0.3, -0.25) is 0 Å². The van der Waals surface area contributed by atoms with E-state index in [4.69, 9.17) is 15.0 Å². The normalized spacial score (nSPS) is 38.5. The minimum atomic E-state index is 0.331. The van der Waals surface area contributed by atoms with Gasteiger partial charge in [0.05, 0.1) is 25.9 Å². The average Bonchev–Trinajstić information content (AvgIpc) is 3.20. The highest BCUT2D eigenvalue weighted by atomic mass is 16.5. The van der Waals surface area contributed by atoms with Crippen LogP contribution in [-0.4, -0.2) is 32.5 Å². The predicted molar refractivity (Wildman–Crippen MR) is 148 cm³/mol. The van der Waals surface area contributed by atoms with Crippen molar-refractivity contribution in [3.05, 3.63) is 22.1 Å². The lowest BCUT2D eigenvalue weighted by atomic mass is 9.47. The maximum atomic E-state index is 8.33. The zero-order chi connectivity index (χ0) is 25.8. The van der Waals surface area contributed by atoms with Gasteiger partial charge in [-0.2, -0.15) is 0 Å². The fourth-order valence-electron chi connectivity index (χ4n) is 9.32. The molecular weight excluding hydrogens is 446 g/mol. The van der Waals surface area contributed by atoms with Gasteiger partial charge in [0.1, 0.15) is 0 Å². The van der Waals surface area contributed by atoms with Crippen LogP contribution in [0.25, 0.3) is 10.4 Å². The summed E-state index contributed by atoms with van der Waals surface area (Å²) in [5, 5.41) is 3.51. The molecule has 8 unspecified atom stereocenters. The first-order valence-electron chi connectivity index (χ1n) is 15.2. The largest absolute Gasteiger partial charge is 0.379 e. The van der Waals surface area contributed by atoms with Gasteiger partial charge in [0.2, 0.25) is 0 Å². The molecule has 0 heterocycles. The Hall–Kier alpha value is -1.03. The molecular formula is C31H53N3O2. The van der Waals surface area contributed by atoms with Crippen LogP contribution in [0.2, 0.25) is 0 Å². The van der Waals surface area contributed by atoms with E-state index in [2.05, 4.69) is 50.7 Å². The third kappa shape index (κ3) is 5.84. The van der Waals surface area contributed by atoms with Crippen molar-refractivity contribution in [2.24, 2.45) is 51.5 Å². The molecule has 3 fully saturated rings. The van der Waals surface area contributed by atoms with Crippen LogP contribution in [0, 0.1) is 46.3 Å². The number of fused-ring (bicyclic) bond motifs is 5. The van der Waals surface area contributed by atoms with Gasteiger partial charge in [-0.25, -0.2) is 0 Å². The Bertz CT molecular complexity index is 806. The molecule has 0 aliphatic heterocycles.